The fourth-order valence-electron chi connectivity index (χ4n) is 2.82. The van der Waals surface area contributed by atoms with Crippen molar-refractivity contribution in [3.8, 4) is 0 Å². The van der Waals surface area contributed by atoms with Crippen molar-refractivity contribution in [3.63, 3.8) is 0 Å². The number of unbranched alkanes of at least 4 members (excludes halogenated alkanes) is 1. The highest BCUT2D eigenvalue weighted by Crippen LogP contribution is 2.34. The summed E-state index contributed by atoms with van der Waals surface area (Å²) >= 11 is 0. The number of rotatable bonds is 6. The van der Waals surface area contributed by atoms with Crippen LogP contribution in [0.1, 0.15) is 39.0 Å². The number of nitrogens with one attached hydrogen (secondary N) is 1. The van der Waals surface area contributed by atoms with Gasteiger partial charge in [0.05, 0.1) is 24.9 Å². The summed E-state index contributed by atoms with van der Waals surface area (Å²) in [5.74, 6) is 0. The molecule has 2 amide bonds. The van der Waals surface area contributed by atoms with Crippen LogP contribution in [0.15, 0.2) is 0 Å². The first-order chi connectivity index (χ1) is 8.74. The molecule has 3 unspecified atom stereocenters. The molecule has 2 aliphatic heterocycles. The lowest BCUT2D eigenvalue weighted by atomic mass is 9.96. The van der Waals surface area contributed by atoms with Gasteiger partial charge < -0.3 is 20.1 Å². The average Bonchev–Trinajstić information content (AvgIpc) is 2.96. The van der Waals surface area contributed by atoms with Crippen LogP contribution < -0.4 is 5.32 Å². The Labute approximate surface area is 108 Å². The predicted octanol–water partition coefficient (Wildman–Crippen LogP) is 1.11. The number of ether oxygens (including phenoxy) is 1. The second-order valence-electron chi connectivity index (χ2n) is 5.23. The summed E-state index contributed by atoms with van der Waals surface area (Å²) in [7, 11) is 0. The van der Waals surface area contributed by atoms with E-state index >= 15 is 0 Å². The van der Waals surface area contributed by atoms with Gasteiger partial charge in [-0.1, -0.05) is 13.3 Å². The van der Waals surface area contributed by atoms with Crippen molar-refractivity contribution in [1.82, 2.24) is 10.2 Å². The normalized spacial score (nSPS) is 29.6. The van der Waals surface area contributed by atoms with Gasteiger partial charge in [-0.2, -0.15) is 0 Å². The van der Waals surface area contributed by atoms with Gasteiger partial charge in [0.15, 0.2) is 0 Å². The molecule has 2 saturated heterocycles. The molecule has 3 atom stereocenters. The third kappa shape index (κ3) is 3.14. The molecular weight excluding hydrogens is 232 g/mol. The molecule has 0 aromatic rings. The van der Waals surface area contributed by atoms with E-state index in [1.165, 1.54) is 0 Å². The molecule has 2 rings (SSSR count). The van der Waals surface area contributed by atoms with Gasteiger partial charge >= 0.3 is 6.03 Å². The standard InChI is InChI=1S/C13H24N2O3/c1-2-3-6-15(7-8-16)13(17)14-11-9-10-4-5-12(11)18-10/h10-12,16H,2-9H2,1H3,(H,14,17). The average molecular weight is 256 g/mol. The van der Waals surface area contributed by atoms with Crippen molar-refractivity contribution in [3.05, 3.63) is 0 Å². The Morgan fingerprint density at radius 1 is 1.44 bits per heavy atom. The minimum atomic E-state index is -0.0568. The van der Waals surface area contributed by atoms with Crippen molar-refractivity contribution in [2.45, 2.75) is 57.3 Å². The molecule has 0 aromatic heterocycles. The number of aliphatic hydroxyl groups is 1. The fraction of sp³-hybridized carbons (Fsp3) is 0.923. The van der Waals surface area contributed by atoms with E-state index in [0.717, 1.165) is 32.1 Å². The minimum absolute atomic E-state index is 0.0182. The number of nitrogens with zero attached hydrogens (tertiary/aromatic N) is 1. The Morgan fingerprint density at radius 2 is 2.28 bits per heavy atom. The predicted molar refractivity (Wildman–Crippen MR) is 68.4 cm³/mol. The molecule has 0 aromatic carbocycles. The number of carbonyl (C=O) groups is 1. The molecule has 2 aliphatic rings. The van der Waals surface area contributed by atoms with E-state index in [-0.39, 0.29) is 24.8 Å². The van der Waals surface area contributed by atoms with Gasteiger partial charge in [-0.05, 0) is 25.7 Å². The third-order valence-corrected chi connectivity index (χ3v) is 3.85. The number of amides is 2. The van der Waals surface area contributed by atoms with Gasteiger partial charge in [-0.15, -0.1) is 0 Å². The van der Waals surface area contributed by atoms with E-state index in [9.17, 15) is 4.79 Å². The van der Waals surface area contributed by atoms with E-state index in [1.54, 1.807) is 4.90 Å². The zero-order valence-corrected chi connectivity index (χ0v) is 11.1. The second-order valence-corrected chi connectivity index (χ2v) is 5.23. The van der Waals surface area contributed by atoms with Crippen molar-refractivity contribution in [1.29, 1.82) is 0 Å². The van der Waals surface area contributed by atoms with Gasteiger partial charge in [-0.25, -0.2) is 4.79 Å². The van der Waals surface area contributed by atoms with E-state index in [1.807, 2.05) is 0 Å². The molecule has 2 heterocycles. The number of carbonyl (C=O) groups excluding carboxylic acids is 1. The number of fused-ring (bicyclic) bond motifs is 2. The number of hydrogen-bond donors (Lipinski definition) is 2. The van der Waals surface area contributed by atoms with E-state index in [0.29, 0.717) is 19.2 Å². The van der Waals surface area contributed by atoms with Crippen molar-refractivity contribution >= 4 is 6.03 Å². The van der Waals surface area contributed by atoms with Crippen molar-refractivity contribution in [2.24, 2.45) is 0 Å². The molecule has 0 aliphatic carbocycles. The van der Waals surface area contributed by atoms with Gasteiger partial charge in [0.25, 0.3) is 0 Å². The Bertz CT molecular complexity index is 285. The van der Waals surface area contributed by atoms with Crippen LogP contribution in [0, 0.1) is 0 Å². The van der Waals surface area contributed by atoms with Gasteiger partial charge in [0.1, 0.15) is 0 Å². The van der Waals surface area contributed by atoms with Crippen LogP contribution in [-0.2, 0) is 4.74 Å². The Hall–Kier alpha value is -0.810. The summed E-state index contributed by atoms with van der Waals surface area (Å²) in [6.45, 7) is 3.24. The maximum absolute atomic E-state index is 12.1. The van der Waals surface area contributed by atoms with Gasteiger partial charge in [0, 0.05) is 13.1 Å². The Morgan fingerprint density at radius 3 is 2.83 bits per heavy atom. The topological polar surface area (TPSA) is 61.8 Å². The quantitative estimate of drug-likeness (QED) is 0.748. The molecule has 5 nitrogen and oxygen atoms in total. The summed E-state index contributed by atoms with van der Waals surface area (Å²) in [4.78, 5) is 13.8. The van der Waals surface area contributed by atoms with Crippen LogP contribution >= 0.6 is 0 Å². The maximum atomic E-state index is 12.1. The zero-order chi connectivity index (χ0) is 13.0. The summed E-state index contributed by atoms with van der Waals surface area (Å²) < 4.78 is 5.72. The van der Waals surface area contributed by atoms with Crippen LogP contribution in [-0.4, -0.2) is 54.0 Å². The molecule has 18 heavy (non-hydrogen) atoms. The molecule has 2 N–H and O–H groups in total. The highest BCUT2D eigenvalue weighted by molar-refractivity contribution is 5.74. The molecular formula is C13H24N2O3. The highest BCUT2D eigenvalue weighted by Gasteiger charge is 2.41. The SMILES string of the molecule is CCCCN(CCO)C(=O)NC1CC2CCC1O2. The first-order valence-corrected chi connectivity index (χ1v) is 7.06. The van der Waals surface area contributed by atoms with Crippen molar-refractivity contribution in [2.75, 3.05) is 19.7 Å². The second kappa shape index (κ2) is 6.38. The number of hydrogen-bond acceptors (Lipinski definition) is 3. The first-order valence-electron chi connectivity index (χ1n) is 7.06. The third-order valence-electron chi connectivity index (χ3n) is 3.85. The monoisotopic (exact) mass is 256 g/mol. The molecule has 0 saturated carbocycles. The highest BCUT2D eigenvalue weighted by atomic mass is 16.5. The smallest absolute Gasteiger partial charge is 0.317 e. The molecule has 0 radical (unpaired) electrons. The fourth-order valence-corrected chi connectivity index (χ4v) is 2.82. The van der Waals surface area contributed by atoms with Crippen LogP contribution in [0.5, 0.6) is 0 Å². The molecule has 0 spiro atoms. The summed E-state index contributed by atoms with van der Waals surface area (Å²) in [5.41, 5.74) is 0. The lowest BCUT2D eigenvalue weighted by molar-refractivity contribution is 0.0966. The summed E-state index contributed by atoms with van der Waals surface area (Å²) in [6.07, 6.45) is 5.71. The number of urea groups is 1. The lowest BCUT2D eigenvalue weighted by Crippen LogP contribution is -2.49. The van der Waals surface area contributed by atoms with Crippen LogP contribution in [0.25, 0.3) is 0 Å². The largest absolute Gasteiger partial charge is 0.395 e. The minimum Gasteiger partial charge on any atom is -0.395 e. The summed E-state index contributed by atoms with van der Waals surface area (Å²) in [6, 6.07) is 0.109. The number of aliphatic hydroxyl groups excluding tert-OH is 1. The first kappa shape index (κ1) is 13.6. The Kier molecular flexibility index (Phi) is 4.83. The molecule has 2 fully saturated rings. The van der Waals surface area contributed by atoms with Crippen LogP contribution in [0.4, 0.5) is 4.79 Å². The summed E-state index contributed by atoms with van der Waals surface area (Å²) in [5, 5.41) is 12.1. The maximum Gasteiger partial charge on any atom is 0.317 e. The molecule has 5 heteroatoms. The van der Waals surface area contributed by atoms with Gasteiger partial charge in [0.2, 0.25) is 0 Å². The van der Waals surface area contributed by atoms with Crippen molar-refractivity contribution < 1.29 is 14.6 Å². The molecule has 2 bridgehead atoms. The zero-order valence-electron chi connectivity index (χ0n) is 11.1. The lowest BCUT2D eigenvalue weighted by Gasteiger charge is -2.26. The molecule has 104 valence electrons. The van der Waals surface area contributed by atoms with E-state index < -0.39 is 0 Å². The Balaban J connectivity index is 1.80. The van der Waals surface area contributed by atoms with E-state index in [4.69, 9.17) is 9.84 Å². The van der Waals surface area contributed by atoms with Crippen LogP contribution in [0.3, 0.4) is 0 Å². The van der Waals surface area contributed by atoms with E-state index in [2.05, 4.69) is 12.2 Å². The van der Waals surface area contributed by atoms with Crippen LogP contribution in [0.2, 0.25) is 0 Å². The van der Waals surface area contributed by atoms with Gasteiger partial charge in [-0.3, -0.25) is 0 Å².